The summed E-state index contributed by atoms with van der Waals surface area (Å²) in [4.78, 5) is 13.1. The van der Waals surface area contributed by atoms with E-state index in [1.165, 1.54) is 10.4 Å². The van der Waals surface area contributed by atoms with Crippen LogP contribution in [0.25, 0.3) is 16.5 Å². The molecule has 0 bridgehead atoms. The third kappa shape index (κ3) is 3.18. The van der Waals surface area contributed by atoms with E-state index < -0.39 is 0 Å². The van der Waals surface area contributed by atoms with Gasteiger partial charge in [-0.2, -0.15) is 0 Å². The monoisotopic (exact) mass is 320 g/mol. The van der Waals surface area contributed by atoms with Crippen molar-refractivity contribution in [3.05, 3.63) is 51.3 Å². The van der Waals surface area contributed by atoms with Crippen LogP contribution in [-0.4, -0.2) is 6.29 Å². The molecule has 0 aliphatic rings. The van der Waals surface area contributed by atoms with Crippen molar-refractivity contribution < 1.29 is 4.79 Å². The molecule has 18 heavy (non-hydrogen) atoms. The Labute approximate surface area is 119 Å². The van der Waals surface area contributed by atoms with Crippen LogP contribution in [0.1, 0.15) is 18.2 Å². The number of aldehydes is 1. The van der Waals surface area contributed by atoms with Gasteiger partial charge in [-0.15, -0.1) is 11.3 Å². The van der Waals surface area contributed by atoms with Gasteiger partial charge in [-0.1, -0.05) is 35.0 Å². The van der Waals surface area contributed by atoms with Crippen LogP contribution in [0, 0.1) is 0 Å². The highest BCUT2D eigenvalue weighted by atomic mass is 79.9. The lowest BCUT2D eigenvalue weighted by atomic mass is 10.2. The molecule has 0 saturated carbocycles. The summed E-state index contributed by atoms with van der Waals surface area (Å²) in [5, 5.41) is 0. The van der Waals surface area contributed by atoms with Crippen LogP contribution in [0.5, 0.6) is 0 Å². The summed E-state index contributed by atoms with van der Waals surface area (Å²) >= 11 is 5.17. The van der Waals surface area contributed by atoms with Crippen LogP contribution < -0.4 is 0 Å². The molecule has 0 saturated heterocycles. The smallest absolute Gasteiger partial charge is 0.146 e. The lowest BCUT2D eigenvalue weighted by Crippen LogP contribution is -1.79. The molecular formula is C15H13BrOS. The maximum absolute atomic E-state index is 10.8. The number of hydrogen-bond donors (Lipinski definition) is 0. The van der Waals surface area contributed by atoms with E-state index in [-0.39, 0.29) is 0 Å². The van der Waals surface area contributed by atoms with Crippen LogP contribution in [0.2, 0.25) is 0 Å². The molecule has 1 heterocycles. The van der Waals surface area contributed by atoms with E-state index in [1.54, 1.807) is 11.3 Å². The third-order valence-electron chi connectivity index (χ3n) is 2.62. The molecule has 0 aliphatic carbocycles. The third-order valence-corrected chi connectivity index (χ3v) is 4.20. The molecule has 0 N–H and O–H groups in total. The molecule has 0 aliphatic heterocycles. The van der Waals surface area contributed by atoms with Gasteiger partial charge in [0.1, 0.15) is 6.29 Å². The van der Waals surface area contributed by atoms with Crippen molar-refractivity contribution >= 4 is 39.6 Å². The Hall–Kier alpha value is -1.19. The molecule has 0 radical (unpaired) electrons. The number of carbonyl (C=O) groups excluding carboxylic acids is 1. The maximum atomic E-state index is 10.8. The Morgan fingerprint density at radius 2 is 2.17 bits per heavy atom. The summed E-state index contributed by atoms with van der Waals surface area (Å²) in [5.74, 6) is 0. The zero-order valence-corrected chi connectivity index (χ0v) is 12.4. The van der Waals surface area contributed by atoms with E-state index in [0.29, 0.717) is 0 Å². The Balaban J connectivity index is 2.31. The van der Waals surface area contributed by atoms with E-state index in [9.17, 15) is 4.79 Å². The minimum atomic E-state index is 0.771. The molecule has 0 unspecified atom stereocenters. The van der Waals surface area contributed by atoms with Crippen molar-refractivity contribution in [1.29, 1.82) is 0 Å². The Kier molecular flexibility index (Phi) is 4.50. The highest BCUT2D eigenvalue weighted by Gasteiger charge is 2.02. The summed E-state index contributed by atoms with van der Waals surface area (Å²) < 4.78 is 1.08. The SMILES string of the molecule is CCC(C=O)=Cc1ccc(-c2cccc(Br)c2)s1. The average Bonchev–Trinajstić information content (AvgIpc) is 2.84. The predicted molar refractivity (Wildman–Crippen MR) is 81.8 cm³/mol. The number of hydrogen-bond acceptors (Lipinski definition) is 2. The molecule has 92 valence electrons. The maximum Gasteiger partial charge on any atom is 0.146 e. The van der Waals surface area contributed by atoms with Gasteiger partial charge >= 0.3 is 0 Å². The number of benzene rings is 1. The fraction of sp³-hybridized carbons (Fsp3) is 0.133. The Morgan fingerprint density at radius 1 is 1.33 bits per heavy atom. The average molecular weight is 321 g/mol. The normalized spacial score (nSPS) is 11.6. The van der Waals surface area contributed by atoms with Gasteiger partial charge in [-0.3, -0.25) is 4.79 Å². The van der Waals surface area contributed by atoms with E-state index in [1.807, 2.05) is 25.1 Å². The zero-order chi connectivity index (χ0) is 13.0. The van der Waals surface area contributed by atoms with Crippen LogP contribution in [0.4, 0.5) is 0 Å². The summed E-state index contributed by atoms with van der Waals surface area (Å²) in [6.07, 6.45) is 3.66. The number of halogens is 1. The first-order valence-electron chi connectivity index (χ1n) is 5.74. The van der Waals surface area contributed by atoms with Crippen molar-refractivity contribution in [1.82, 2.24) is 0 Å². The summed E-state index contributed by atoms with van der Waals surface area (Å²) in [5.41, 5.74) is 2.02. The van der Waals surface area contributed by atoms with Crippen LogP contribution in [0.3, 0.4) is 0 Å². The molecule has 0 fully saturated rings. The zero-order valence-electron chi connectivity index (χ0n) is 10.0. The van der Waals surface area contributed by atoms with Crippen molar-refractivity contribution in [2.45, 2.75) is 13.3 Å². The van der Waals surface area contributed by atoms with E-state index in [4.69, 9.17) is 0 Å². The van der Waals surface area contributed by atoms with Gasteiger partial charge in [-0.05, 0) is 47.9 Å². The number of rotatable bonds is 4. The Bertz CT molecular complexity index is 584. The first-order valence-corrected chi connectivity index (χ1v) is 7.35. The van der Waals surface area contributed by atoms with Gasteiger partial charge in [0.25, 0.3) is 0 Å². The molecular weight excluding hydrogens is 308 g/mol. The van der Waals surface area contributed by atoms with Crippen molar-refractivity contribution in [2.75, 3.05) is 0 Å². The first kappa shape index (κ1) is 13.2. The lowest BCUT2D eigenvalue weighted by Gasteiger charge is -1.97. The molecule has 0 spiro atoms. The molecule has 2 aromatic rings. The summed E-state index contributed by atoms with van der Waals surface area (Å²) in [6.45, 7) is 1.99. The van der Waals surface area contributed by atoms with Gasteiger partial charge in [0, 0.05) is 14.2 Å². The largest absolute Gasteiger partial charge is 0.298 e. The van der Waals surface area contributed by atoms with E-state index in [0.717, 1.165) is 27.6 Å². The highest BCUT2D eigenvalue weighted by Crippen LogP contribution is 2.30. The second kappa shape index (κ2) is 6.12. The quantitative estimate of drug-likeness (QED) is 0.561. The molecule has 1 nitrogen and oxygen atoms in total. The van der Waals surface area contributed by atoms with Gasteiger partial charge in [0.15, 0.2) is 0 Å². The topological polar surface area (TPSA) is 17.1 Å². The molecule has 2 rings (SSSR count). The van der Waals surface area contributed by atoms with Gasteiger partial charge < -0.3 is 0 Å². The minimum absolute atomic E-state index is 0.771. The van der Waals surface area contributed by atoms with Gasteiger partial charge in [0.05, 0.1) is 0 Å². The summed E-state index contributed by atoms with van der Waals surface area (Å²) in [7, 11) is 0. The molecule has 1 aromatic carbocycles. The molecule has 3 heteroatoms. The Morgan fingerprint density at radius 3 is 2.83 bits per heavy atom. The van der Waals surface area contributed by atoms with Crippen molar-refractivity contribution in [3.8, 4) is 10.4 Å². The van der Waals surface area contributed by atoms with Crippen LogP contribution in [0.15, 0.2) is 46.4 Å². The van der Waals surface area contributed by atoms with E-state index in [2.05, 4.69) is 40.2 Å². The molecule has 0 amide bonds. The number of thiophene rings is 1. The first-order chi connectivity index (χ1) is 8.72. The molecule has 1 aromatic heterocycles. The van der Waals surface area contributed by atoms with Crippen molar-refractivity contribution in [3.63, 3.8) is 0 Å². The minimum Gasteiger partial charge on any atom is -0.298 e. The summed E-state index contributed by atoms with van der Waals surface area (Å²) in [6, 6.07) is 12.4. The standard InChI is InChI=1S/C15H13BrOS/c1-2-11(10-17)8-14-6-7-15(18-14)12-4-3-5-13(16)9-12/h3-10H,2H2,1H3. The second-order valence-corrected chi connectivity index (χ2v) is 5.93. The lowest BCUT2D eigenvalue weighted by molar-refractivity contribution is -0.104. The fourth-order valence-corrected chi connectivity index (χ4v) is 3.01. The van der Waals surface area contributed by atoms with Crippen LogP contribution in [-0.2, 0) is 4.79 Å². The fourth-order valence-electron chi connectivity index (χ4n) is 1.63. The highest BCUT2D eigenvalue weighted by molar-refractivity contribution is 9.10. The van der Waals surface area contributed by atoms with Gasteiger partial charge in [0.2, 0.25) is 0 Å². The number of allylic oxidation sites excluding steroid dienone is 1. The van der Waals surface area contributed by atoms with Gasteiger partial charge in [-0.25, -0.2) is 0 Å². The van der Waals surface area contributed by atoms with Crippen molar-refractivity contribution in [2.24, 2.45) is 0 Å². The second-order valence-electron chi connectivity index (χ2n) is 3.90. The van der Waals surface area contributed by atoms with Crippen LogP contribution >= 0.6 is 27.3 Å². The predicted octanol–water partition coefficient (Wildman–Crippen LogP) is 5.17. The molecule has 0 atom stereocenters. The van der Waals surface area contributed by atoms with E-state index >= 15 is 0 Å². The number of carbonyl (C=O) groups is 1.